The molecule has 0 saturated heterocycles. The van der Waals surface area contributed by atoms with Gasteiger partial charge in [0.2, 0.25) is 0 Å². The van der Waals surface area contributed by atoms with Gasteiger partial charge in [-0.25, -0.2) is 0 Å². The molecule has 48 heavy (non-hydrogen) atoms. The highest BCUT2D eigenvalue weighted by atomic mass is 16.5. The lowest BCUT2D eigenvalue weighted by atomic mass is 9.78. The molecular weight excluding hydrogens is 608 g/mol. The van der Waals surface area contributed by atoms with Crippen LogP contribution in [0.5, 0.6) is 28.7 Å². The van der Waals surface area contributed by atoms with Gasteiger partial charge in [-0.3, -0.25) is 9.69 Å². The van der Waals surface area contributed by atoms with Gasteiger partial charge in [-0.15, -0.1) is 0 Å². The van der Waals surface area contributed by atoms with Crippen LogP contribution in [0.4, 0.5) is 5.69 Å². The Bertz CT molecular complexity index is 2080. The molecule has 10 heteroatoms. The maximum Gasteiger partial charge on any atom is 0.184 e. The van der Waals surface area contributed by atoms with Crippen LogP contribution < -0.4 is 20.1 Å². The lowest BCUT2D eigenvalue weighted by Gasteiger charge is -2.36. The number of aromatic hydroxyl groups is 3. The molecule has 1 heterocycles. The van der Waals surface area contributed by atoms with Crippen LogP contribution in [0.1, 0.15) is 28.2 Å². The molecule has 4 aromatic carbocycles. The molecule has 1 atom stereocenters. The first-order valence-corrected chi connectivity index (χ1v) is 14.6. The monoisotopic (exact) mass is 638 g/mol. The first-order valence-electron chi connectivity index (χ1n) is 14.6. The topological polar surface area (TPSA) is 173 Å². The maximum atomic E-state index is 14.5. The number of carbonyl (C=O) groups excluding carboxylic acids is 1. The molecule has 0 saturated carbocycles. The van der Waals surface area contributed by atoms with E-state index in [1.807, 2.05) is 0 Å². The minimum Gasteiger partial charge on any atom is -0.508 e. The van der Waals surface area contributed by atoms with E-state index >= 15 is 0 Å². The summed E-state index contributed by atoms with van der Waals surface area (Å²) in [6.07, 6.45) is 6.33. The molecule has 0 spiro atoms. The number of hydrogen-bond donors (Lipinski definition) is 4. The van der Waals surface area contributed by atoms with Crippen molar-refractivity contribution >= 4 is 23.6 Å². The molecular formula is C38H30N4O6. The van der Waals surface area contributed by atoms with Crippen molar-refractivity contribution in [2.75, 3.05) is 19.1 Å². The summed E-state index contributed by atoms with van der Waals surface area (Å²) in [5.41, 5.74) is 10.0. The number of benzene rings is 4. The van der Waals surface area contributed by atoms with Crippen molar-refractivity contribution < 1.29 is 29.6 Å². The number of nitriles is 2. The van der Waals surface area contributed by atoms with Crippen LogP contribution in [0.25, 0.3) is 12.2 Å². The van der Waals surface area contributed by atoms with Crippen LogP contribution >= 0.6 is 0 Å². The van der Waals surface area contributed by atoms with Crippen LogP contribution in [-0.2, 0) is 4.79 Å². The van der Waals surface area contributed by atoms with Gasteiger partial charge in [-0.2, -0.15) is 10.5 Å². The largest absolute Gasteiger partial charge is 0.508 e. The van der Waals surface area contributed by atoms with Crippen LogP contribution in [0.15, 0.2) is 120 Å². The second-order valence-corrected chi connectivity index (χ2v) is 10.6. The Balaban J connectivity index is 1.78. The molecule has 0 amide bonds. The summed E-state index contributed by atoms with van der Waals surface area (Å²) < 4.78 is 10.5. The average Bonchev–Trinajstić information content (AvgIpc) is 3.11. The van der Waals surface area contributed by atoms with Gasteiger partial charge in [0.05, 0.1) is 49.1 Å². The standard InChI is InChI=1S/C38H30N4O6/c1-47-34-19-23(6-16-31(34)44)5-15-30-37(33(46)18-8-24-7-17-32(45)35(20-24)48-2)36(26-9-3-25(21-39)4-10-26)29(22-40)38(41)42(30)27-11-13-28(43)14-12-27/h3-20,36,43-45H,41H2,1-2H3. The highest BCUT2D eigenvalue weighted by Gasteiger charge is 2.37. The molecule has 5 N–H and O–H groups in total. The molecule has 0 fully saturated rings. The van der Waals surface area contributed by atoms with Crippen molar-refractivity contribution in [1.82, 2.24) is 0 Å². The highest BCUT2D eigenvalue weighted by Crippen LogP contribution is 2.44. The van der Waals surface area contributed by atoms with Crippen molar-refractivity contribution in [3.8, 4) is 40.9 Å². The third-order valence-corrected chi connectivity index (χ3v) is 7.75. The number of hydrogen-bond acceptors (Lipinski definition) is 10. The fraction of sp³-hybridized carbons (Fsp3) is 0.0789. The smallest absolute Gasteiger partial charge is 0.184 e. The number of phenolic OH excluding ortho intramolecular Hbond substituents is 3. The van der Waals surface area contributed by atoms with Gasteiger partial charge < -0.3 is 30.5 Å². The summed E-state index contributed by atoms with van der Waals surface area (Å²) in [4.78, 5) is 16.0. The summed E-state index contributed by atoms with van der Waals surface area (Å²) >= 11 is 0. The molecule has 5 rings (SSSR count). The fourth-order valence-corrected chi connectivity index (χ4v) is 5.36. The zero-order chi connectivity index (χ0) is 34.4. The molecule has 1 unspecified atom stereocenters. The predicted octanol–water partition coefficient (Wildman–Crippen LogP) is 6.24. The molecule has 0 aliphatic carbocycles. The lowest BCUT2D eigenvalue weighted by Crippen LogP contribution is -2.36. The summed E-state index contributed by atoms with van der Waals surface area (Å²) in [5, 5.41) is 50.2. The number of methoxy groups -OCH3 is 2. The van der Waals surface area contributed by atoms with Crippen LogP contribution in [0, 0.1) is 22.7 Å². The molecule has 10 nitrogen and oxygen atoms in total. The van der Waals surface area contributed by atoms with Crippen molar-refractivity contribution in [2.45, 2.75) is 5.92 Å². The summed E-state index contributed by atoms with van der Waals surface area (Å²) in [5.74, 6) is -0.949. The zero-order valence-corrected chi connectivity index (χ0v) is 26.0. The van der Waals surface area contributed by atoms with Crippen LogP contribution in [-0.4, -0.2) is 35.3 Å². The molecule has 4 aromatic rings. The van der Waals surface area contributed by atoms with Gasteiger partial charge in [0.1, 0.15) is 11.6 Å². The van der Waals surface area contributed by atoms with Gasteiger partial charge in [0.15, 0.2) is 28.8 Å². The number of allylic oxidation sites excluding steroid dienone is 4. The molecule has 1 aliphatic rings. The van der Waals surface area contributed by atoms with Gasteiger partial charge in [-0.1, -0.05) is 36.4 Å². The fourth-order valence-electron chi connectivity index (χ4n) is 5.36. The van der Waals surface area contributed by atoms with Gasteiger partial charge in [0.25, 0.3) is 0 Å². The number of rotatable bonds is 9. The Kier molecular flexibility index (Phi) is 9.49. The summed E-state index contributed by atoms with van der Waals surface area (Å²) in [6.45, 7) is 0. The van der Waals surface area contributed by atoms with Gasteiger partial charge >= 0.3 is 0 Å². The third kappa shape index (κ3) is 6.54. The number of nitrogens with zero attached hydrogens (tertiary/aromatic N) is 3. The minimum atomic E-state index is -0.934. The number of phenols is 3. The number of ketones is 1. The molecule has 0 radical (unpaired) electrons. The summed E-state index contributed by atoms with van der Waals surface area (Å²) in [7, 11) is 2.85. The number of anilines is 1. The Morgan fingerprint density at radius 1 is 0.792 bits per heavy atom. The SMILES string of the molecule is COc1cc(C=CC(=O)C2=C(C=Cc3ccc(O)c(OC)c3)N(c3ccc(O)cc3)C(N)=C(C#N)C2c2ccc(C#N)cc2)ccc1O. The second kappa shape index (κ2) is 14.0. The highest BCUT2D eigenvalue weighted by molar-refractivity contribution is 6.10. The molecule has 0 bridgehead atoms. The van der Waals surface area contributed by atoms with E-state index in [-0.39, 0.29) is 45.7 Å². The van der Waals surface area contributed by atoms with Gasteiger partial charge in [0, 0.05) is 11.3 Å². The Labute approximate surface area is 277 Å². The number of carbonyl (C=O) groups is 1. The van der Waals surface area contributed by atoms with Crippen molar-refractivity contribution in [3.63, 3.8) is 0 Å². The summed E-state index contributed by atoms with van der Waals surface area (Å²) in [6, 6.07) is 26.4. The second-order valence-electron chi connectivity index (χ2n) is 10.6. The number of ether oxygens (including phenoxy) is 2. The van der Waals surface area contributed by atoms with E-state index < -0.39 is 11.7 Å². The predicted molar refractivity (Wildman–Crippen MR) is 181 cm³/mol. The van der Waals surface area contributed by atoms with Crippen LogP contribution in [0.2, 0.25) is 0 Å². The Morgan fingerprint density at radius 2 is 1.38 bits per heavy atom. The minimum absolute atomic E-state index is 0.00935. The van der Waals surface area contributed by atoms with Crippen molar-refractivity contribution in [3.05, 3.63) is 142 Å². The first kappa shape index (κ1) is 32.5. The van der Waals surface area contributed by atoms with Crippen molar-refractivity contribution in [1.29, 1.82) is 10.5 Å². The maximum absolute atomic E-state index is 14.5. The quantitative estimate of drug-likeness (QED) is 0.154. The lowest BCUT2D eigenvalue weighted by molar-refractivity contribution is -0.111. The Hall–Kier alpha value is -6.91. The van der Waals surface area contributed by atoms with E-state index in [9.17, 15) is 30.6 Å². The molecule has 1 aliphatic heterocycles. The molecule has 238 valence electrons. The van der Waals surface area contributed by atoms with E-state index in [0.29, 0.717) is 33.6 Å². The van der Waals surface area contributed by atoms with Gasteiger partial charge in [-0.05, 0) is 89.5 Å². The van der Waals surface area contributed by atoms with Crippen LogP contribution in [0.3, 0.4) is 0 Å². The molecule has 0 aromatic heterocycles. The van der Waals surface area contributed by atoms with E-state index in [2.05, 4.69) is 12.1 Å². The van der Waals surface area contributed by atoms with E-state index in [1.54, 1.807) is 83.8 Å². The van der Waals surface area contributed by atoms with Crippen molar-refractivity contribution in [2.24, 2.45) is 5.73 Å². The third-order valence-electron chi connectivity index (χ3n) is 7.75. The zero-order valence-electron chi connectivity index (χ0n) is 26.0. The van der Waals surface area contributed by atoms with E-state index in [4.69, 9.17) is 15.2 Å². The number of nitrogens with two attached hydrogens (primary N) is 1. The Morgan fingerprint density at radius 3 is 1.92 bits per heavy atom. The average molecular weight is 639 g/mol. The van der Waals surface area contributed by atoms with E-state index in [0.717, 1.165) is 0 Å². The normalized spacial score (nSPS) is 14.7. The first-order chi connectivity index (χ1) is 23.2. The van der Waals surface area contributed by atoms with E-state index in [1.165, 1.54) is 44.6 Å².